The second-order valence-electron chi connectivity index (χ2n) is 5.44. The number of fused-ring (bicyclic) bond motifs is 1. The standard InChI is InChI=1S/C15H20N2O2S/c18-20(19,17-8-7-12-3-1-2-4-12)15-6-5-13-10-16-11-14(13)9-15/h3,5-6,9,16-17H,1-2,4,7-8,10-11H2. The molecule has 0 unspecified atom stereocenters. The van der Waals surface area contributed by atoms with Crippen molar-refractivity contribution in [3.8, 4) is 0 Å². The van der Waals surface area contributed by atoms with Crippen LogP contribution in [0.2, 0.25) is 0 Å². The molecule has 0 amide bonds. The summed E-state index contributed by atoms with van der Waals surface area (Å²) in [6.45, 7) is 2.08. The Morgan fingerprint density at radius 2 is 2.05 bits per heavy atom. The number of benzene rings is 1. The number of allylic oxidation sites excluding steroid dienone is 1. The molecule has 108 valence electrons. The van der Waals surface area contributed by atoms with E-state index >= 15 is 0 Å². The first-order chi connectivity index (χ1) is 9.65. The van der Waals surface area contributed by atoms with Gasteiger partial charge in [-0.25, -0.2) is 13.1 Å². The zero-order valence-corrected chi connectivity index (χ0v) is 12.3. The zero-order valence-electron chi connectivity index (χ0n) is 11.5. The smallest absolute Gasteiger partial charge is 0.240 e. The van der Waals surface area contributed by atoms with Crippen LogP contribution in [0.25, 0.3) is 0 Å². The average Bonchev–Trinajstić information content (AvgIpc) is 3.08. The lowest BCUT2D eigenvalue weighted by atomic mass is 10.1. The molecule has 0 radical (unpaired) electrons. The Balaban J connectivity index is 1.65. The SMILES string of the molecule is O=S(=O)(NCCC1=CCCC1)c1ccc2c(c1)CNC2. The van der Waals surface area contributed by atoms with Gasteiger partial charge in [0.25, 0.3) is 0 Å². The van der Waals surface area contributed by atoms with Crippen LogP contribution in [0.15, 0.2) is 34.7 Å². The average molecular weight is 292 g/mol. The fraction of sp³-hybridized carbons (Fsp3) is 0.467. The van der Waals surface area contributed by atoms with Crippen LogP contribution in [0.5, 0.6) is 0 Å². The maximum absolute atomic E-state index is 12.3. The molecule has 5 heteroatoms. The third-order valence-corrected chi connectivity index (χ3v) is 5.45. The quantitative estimate of drug-likeness (QED) is 0.817. The van der Waals surface area contributed by atoms with Crippen molar-refractivity contribution >= 4 is 10.0 Å². The molecular formula is C15H20N2O2S. The highest BCUT2D eigenvalue weighted by Crippen LogP contribution is 2.21. The summed E-state index contributed by atoms with van der Waals surface area (Å²) in [6.07, 6.45) is 6.52. The van der Waals surface area contributed by atoms with Gasteiger partial charge in [-0.05, 0) is 48.9 Å². The van der Waals surface area contributed by atoms with Gasteiger partial charge in [-0.1, -0.05) is 17.7 Å². The van der Waals surface area contributed by atoms with Gasteiger partial charge in [0.05, 0.1) is 4.90 Å². The van der Waals surface area contributed by atoms with Crippen molar-refractivity contribution in [1.82, 2.24) is 10.0 Å². The molecule has 1 aromatic rings. The molecule has 20 heavy (non-hydrogen) atoms. The van der Waals surface area contributed by atoms with Crippen molar-refractivity contribution < 1.29 is 8.42 Å². The number of hydrogen-bond acceptors (Lipinski definition) is 3. The van der Waals surface area contributed by atoms with Crippen LogP contribution < -0.4 is 10.0 Å². The highest BCUT2D eigenvalue weighted by Gasteiger charge is 2.18. The van der Waals surface area contributed by atoms with E-state index in [1.165, 1.54) is 17.6 Å². The number of sulfonamides is 1. The van der Waals surface area contributed by atoms with Gasteiger partial charge < -0.3 is 5.32 Å². The van der Waals surface area contributed by atoms with E-state index in [2.05, 4.69) is 16.1 Å². The van der Waals surface area contributed by atoms with Gasteiger partial charge in [-0.3, -0.25) is 0 Å². The molecule has 0 fully saturated rings. The van der Waals surface area contributed by atoms with Crippen LogP contribution >= 0.6 is 0 Å². The largest absolute Gasteiger partial charge is 0.309 e. The molecule has 1 aromatic carbocycles. The van der Waals surface area contributed by atoms with E-state index in [-0.39, 0.29) is 0 Å². The molecule has 2 N–H and O–H groups in total. The van der Waals surface area contributed by atoms with Crippen LogP contribution in [-0.2, 0) is 23.1 Å². The second-order valence-corrected chi connectivity index (χ2v) is 7.20. The topological polar surface area (TPSA) is 58.2 Å². The third-order valence-electron chi connectivity index (χ3n) is 3.99. The van der Waals surface area contributed by atoms with Crippen LogP contribution in [0.3, 0.4) is 0 Å². The molecule has 1 aliphatic heterocycles. The van der Waals surface area contributed by atoms with Gasteiger partial charge >= 0.3 is 0 Å². The van der Waals surface area contributed by atoms with Crippen molar-refractivity contribution in [2.45, 2.75) is 43.7 Å². The second kappa shape index (κ2) is 5.68. The zero-order chi connectivity index (χ0) is 14.0. The predicted molar refractivity (Wildman–Crippen MR) is 78.7 cm³/mol. The summed E-state index contributed by atoms with van der Waals surface area (Å²) in [7, 11) is -3.38. The summed E-state index contributed by atoms with van der Waals surface area (Å²) in [5.41, 5.74) is 3.66. The Morgan fingerprint density at radius 1 is 1.20 bits per heavy atom. The molecule has 0 saturated carbocycles. The minimum atomic E-state index is -3.38. The van der Waals surface area contributed by atoms with Gasteiger partial charge in [0.2, 0.25) is 10.0 Å². The monoisotopic (exact) mass is 292 g/mol. The number of rotatable bonds is 5. The molecule has 0 bridgehead atoms. The maximum atomic E-state index is 12.3. The van der Waals surface area contributed by atoms with E-state index in [4.69, 9.17) is 0 Å². The summed E-state index contributed by atoms with van der Waals surface area (Å²) >= 11 is 0. The molecule has 1 aliphatic carbocycles. The van der Waals surface area contributed by atoms with Crippen molar-refractivity contribution in [2.24, 2.45) is 0 Å². The molecule has 2 aliphatic rings. The molecular weight excluding hydrogens is 272 g/mol. The highest BCUT2D eigenvalue weighted by molar-refractivity contribution is 7.89. The summed E-state index contributed by atoms with van der Waals surface area (Å²) in [5.74, 6) is 0. The maximum Gasteiger partial charge on any atom is 0.240 e. The lowest BCUT2D eigenvalue weighted by molar-refractivity contribution is 0.581. The van der Waals surface area contributed by atoms with E-state index < -0.39 is 10.0 Å². The first kappa shape index (κ1) is 13.8. The molecule has 4 nitrogen and oxygen atoms in total. The van der Waals surface area contributed by atoms with Gasteiger partial charge in [0.15, 0.2) is 0 Å². The van der Waals surface area contributed by atoms with Crippen molar-refractivity contribution in [2.75, 3.05) is 6.54 Å². The van der Waals surface area contributed by atoms with E-state index in [1.54, 1.807) is 12.1 Å². The Hall–Kier alpha value is -1.17. The lowest BCUT2D eigenvalue weighted by Gasteiger charge is -2.08. The summed E-state index contributed by atoms with van der Waals surface area (Å²) in [5, 5.41) is 3.22. The summed E-state index contributed by atoms with van der Waals surface area (Å²) in [4.78, 5) is 0.375. The number of nitrogens with one attached hydrogen (secondary N) is 2. The molecule has 1 heterocycles. The van der Waals surface area contributed by atoms with Crippen molar-refractivity contribution in [3.05, 3.63) is 41.0 Å². The molecule has 0 saturated heterocycles. The van der Waals surface area contributed by atoms with Crippen molar-refractivity contribution in [3.63, 3.8) is 0 Å². The van der Waals surface area contributed by atoms with E-state index in [0.29, 0.717) is 11.4 Å². The van der Waals surface area contributed by atoms with Gasteiger partial charge in [0, 0.05) is 19.6 Å². The first-order valence-electron chi connectivity index (χ1n) is 7.15. The van der Waals surface area contributed by atoms with Crippen LogP contribution in [0, 0.1) is 0 Å². The Kier molecular flexibility index (Phi) is 3.92. The fourth-order valence-corrected chi connectivity index (χ4v) is 3.91. The minimum Gasteiger partial charge on any atom is -0.309 e. The Morgan fingerprint density at radius 3 is 2.85 bits per heavy atom. The molecule has 0 aromatic heterocycles. The van der Waals surface area contributed by atoms with Crippen molar-refractivity contribution in [1.29, 1.82) is 0 Å². The number of hydrogen-bond donors (Lipinski definition) is 2. The van der Waals surface area contributed by atoms with Crippen LogP contribution in [0.4, 0.5) is 0 Å². The third kappa shape index (κ3) is 2.95. The molecule has 0 spiro atoms. The Labute approximate surface area is 120 Å². The fourth-order valence-electron chi connectivity index (χ4n) is 2.83. The normalized spacial score (nSPS) is 18.1. The molecule has 0 atom stereocenters. The first-order valence-corrected chi connectivity index (χ1v) is 8.63. The van der Waals surface area contributed by atoms with E-state index in [1.807, 2.05) is 6.07 Å². The highest BCUT2D eigenvalue weighted by atomic mass is 32.2. The summed E-state index contributed by atoms with van der Waals surface area (Å²) in [6, 6.07) is 5.39. The minimum absolute atomic E-state index is 0.375. The van der Waals surface area contributed by atoms with Gasteiger partial charge in [0.1, 0.15) is 0 Å². The van der Waals surface area contributed by atoms with Gasteiger partial charge in [-0.15, -0.1) is 0 Å². The summed E-state index contributed by atoms with van der Waals surface area (Å²) < 4.78 is 27.2. The van der Waals surface area contributed by atoms with Crippen LogP contribution in [-0.4, -0.2) is 15.0 Å². The molecule has 3 rings (SSSR count). The Bertz CT molecular complexity index is 635. The van der Waals surface area contributed by atoms with Crippen LogP contribution in [0.1, 0.15) is 36.8 Å². The van der Waals surface area contributed by atoms with Gasteiger partial charge in [-0.2, -0.15) is 0 Å². The lowest BCUT2D eigenvalue weighted by Crippen LogP contribution is -2.25. The predicted octanol–water partition coefficient (Wildman–Crippen LogP) is 2.07. The van der Waals surface area contributed by atoms with E-state index in [0.717, 1.165) is 37.9 Å². The van der Waals surface area contributed by atoms with E-state index in [9.17, 15) is 8.42 Å².